The third-order valence-electron chi connectivity index (χ3n) is 6.92. The van der Waals surface area contributed by atoms with Gasteiger partial charge in [-0.1, -0.05) is 42.5 Å². The van der Waals surface area contributed by atoms with Crippen LogP contribution in [-0.4, -0.2) is 42.3 Å². The number of aromatic nitrogens is 2. The van der Waals surface area contributed by atoms with E-state index in [9.17, 15) is 22.8 Å². The van der Waals surface area contributed by atoms with Crippen LogP contribution in [0.2, 0.25) is 0 Å². The van der Waals surface area contributed by atoms with E-state index in [1.165, 1.54) is 33.3 Å². The number of esters is 1. The van der Waals surface area contributed by atoms with Gasteiger partial charge in [0.25, 0.3) is 21.5 Å². The quantitative estimate of drug-likeness (QED) is 0.346. The summed E-state index contributed by atoms with van der Waals surface area (Å²) in [5, 5.41) is 2.53. The smallest absolute Gasteiger partial charge is 0.338 e. The van der Waals surface area contributed by atoms with Crippen molar-refractivity contribution in [3.05, 3.63) is 106 Å². The number of benzene rings is 3. The van der Waals surface area contributed by atoms with Crippen LogP contribution in [0.25, 0.3) is 5.69 Å². The summed E-state index contributed by atoms with van der Waals surface area (Å²) in [7, 11) is -2.26. The first-order valence-corrected chi connectivity index (χ1v) is 14.1. The zero-order chi connectivity index (χ0) is 28.6. The van der Waals surface area contributed by atoms with Crippen LogP contribution in [0.5, 0.6) is 0 Å². The standard InChI is InChI=1S/C29H28N4O6S/c1-19-16-21-10-7-8-15-25(21)33(19)40(37,38)24-14-9-11-22(17-24)29(36)39-18-26(34)30-27-20(2)31(3)32(28(27)35)23-12-5-4-6-13-23/h4-15,17,19H,16,18H2,1-3H3,(H,30,34)/t19-/m0/s1. The molecule has 0 saturated heterocycles. The van der Waals surface area contributed by atoms with Crippen molar-refractivity contribution in [3.8, 4) is 5.69 Å². The molecule has 5 rings (SSSR count). The molecule has 40 heavy (non-hydrogen) atoms. The van der Waals surface area contributed by atoms with Gasteiger partial charge in [0.1, 0.15) is 5.69 Å². The Hall–Kier alpha value is -4.64. The van der Waals surface area contributed by atoms with Gasteiger partial charge in [-0.3, -0.25) is 18.6 Å². The summed E-state index contributed by atoms with van der Waals surface area (Å²) in [5.41, 5.74) is 2.32. The van der Waals surface area contributed by atoms with Crippen molar-refractivity contribution in [1.82, 2.24) is 9.36 Å². The molecule has 0 unspecified atom stereocenters. The van der Waals surface area contributed by atoms with Crippen LogP contribution in [0.15, 0.2) is 88.6 Å². The van der Waals surface area contributed by atoms with Crippen molar-refractivity contribution in [3.63, 3.8) is 0 Å². The van der Waals surface area contributed by atoms with E-state index in [4.69, 9.17) is 4.74 Å². The van der Waals surface area contributed by atoms with Crippen LogP contribution in [0.3, 0.4) is 0 Å². The lowest BCUT2D eigenvalue weighted by Gasteiger charge is -2.24. The van der Waals surface area contributed by atoms with Crippen LogP contribution in [-0.2, 0) is 33.0 Å². The van der Waals surface area contributed by atoms with Gasteiger partial charge in [-0.05, 0) is 62.2 Å². The number of amides is 1. The molecule has 11 heteroatoms. The second kappa shape index (κ2) is 10.5. The molecule has 4 aromatic rings. The van der Waals surface area contributed by atoms with Crippen molar-refractivity contribution >= 4 is 33.3 Å². The number of nitrogens with one attached hydrogen (secondary N) is 1. The summed E-state index contributed by atoms with van der Waals surface area (Å²) >= 11 is 0. The SMILES string of the molecule is Cc1c(NC(=O)COC(=O)c2cccc(S(=O)(=O)N3c4ccccc4C[C@@H]3C)c2)c(=O)n(-c2ccccc2)n1C. The van der Waals surface area contributed by atoms with Crippen LogP contribution < -0.4 is 15.2 Å². The lowest BCUT2D eigenvalue weighted by molar-refractivity contribution is -0.119. The summed E-state index contributed by atoms with van der Waals surface area (Å²) in [5.74, 6) is -1.57. The highest BCUT2D eigenvalue weighted by Crippen LogP contribution is 2.36. The topological polar surface area (TPSA) is 120 Å². The number of rotatable bonds is 7. The van der Waals surface area contributed by atoms with E-state index in [-0.39, 0.29) is 22.2 Å². The molecule has 0 saturated carbocycles. The highest BCUT2D eigenvalue weighted by atomic mass is 32.2. The van der Waals surface area contributed by atoms with E-state index >= 15 is 0 Å². The molecule has 0 radical (unpaired) electrons. The predicted octanol–water partition coefficient (Wildman–Crippen LogP) is 3.42. The van der Waals surface area contributed by atoms with Gasteiger partial charge in [0.2, 0.25) is 0 Å². The second-order valence-corrected chi connectivity index (χ2v) is 11.4. The molecule has 10 nitrogen and oxygen atoms in total. The average Bonchev–Trinajstić information content (AvgIpc) is 3.40. The maximum absolute atomic E-state index is 13.5. The Bertz CT molecular complexity index is 1780. The van der Waals surface area contributed by atoms with Crippen LogP contribution in [0, 0.1) is 6.92 Å². The first-order chi connectivity index (χ1) is 19.1. The molecule has 1 aliphatic heterocycles. The fourth-order valence-corrected chi connectivity index (χ4v) is 6.64. The molecule has 1 N–H and O–H groups in total. The maximum Gasteiger partial charge on any atom is 0.338 e. The Morgan fingerprint density at radius 3 is 2.45 bits per heavy atom. The van der Waals surface area contributed by atoms with Crippen molar-refractivity contribution < 1.29 is 22.7 Å². The minimum absolute atomic E-state index is 0.0173. The first kappa shape index (κ1) is 26.9. The highest BCUT2D eigenvalue weighted by Gasteiger charge is 2.36. The Morgan fingerprint density at radius 2 is 1.70 bits per heavy atom. The monoisotopic (exact) mass is 560 g/mol. The number of para-hydroxylation sites is 2. The lowest BCUT2D eigenvalue weighted by Crippen LogP contribution is -2.35. The molecule has 0 spiro atoms. The number of ether oxygens (including phenoxy) is 1. The van der Waals surface area contributed by atoms with E-state index in [0.29, 0.717) is 23.5 Å². The molecule has 2 heterocycles. The Labute approximate surface area is 231 Å². The summed E-state index contributed by atoms with van der Waals surface area (Å²) < 4.78 is 36.6. The third kappa shape index (κ3) is 4.79. The first-order valence-electron chi connectivity index (χ1n) is 12.6. The summed E-state index contributed by atoms with van der Waals surface area (Å²) in [6, 6.07) is 21.5. The predicted molar refractivity (Wildman–Crippen MR) is 150 cm³/mol. The van der Waals surface area contributed by atoms with Gasteiger partial charge in [0.05, 0.1) is 27.5 Å². The number of sulfonamides is 1. The van der Waals surface area contributed by atoms with Crippen molar-refractivity contribution in [2.24, 2.45) is 7.05 Å². The van der Waals surface area contributed by atoms with Crippen molar-refractivity contribution in [2.45, 2.75) is 31.2 Å². The highest BCUT2D eigenvalue weighted by molar-refractivity contribution is 7.92. The van der Waals surface area contributed by atoms with Crippen molar-refractivity contribution in [1.29, 1.82) is 0 Å². The molecule has 1 amide bonds. The maximum atomic E-state index is 13.5. The summed E-state index contributed by atoms with van der Waals surface area (Å²) in [6.45, 7) is 2.86. The zero-order valence-electron chi connectivity index (χ0n) is 22.2. The summed E-state index contributed by atoms with van der Waals surface area (Å²) in [6.07, 6.45) is 0.587. The van der Waals surface area contributed by atoms with Gasteiger partial charge in [-0.25, -0.2) is 17.9 Å². The van der Waals surface area contributed by atoms with Gasteiger partial charge in [0, 0.05) is 13.1 Å². The minimum Gasteiger partial charge on any atom is -0.452 e. The number of anilines is 2. The van der Waals surface area contributed by atoms with Crippen LogP contribution >= 0.6 is 0 Å². The minimum atomic E-state index is -3.96. The van der Waals surface area contributed by atoms with E-state index in [1.54, 1.807) is 55.1 Å². The largest absolute Gasteiger partial charge is 0.452 e. The van der Waals surface area contributed by atoms with E-state index in [1.807, 2.05) is 25.1 Å². The summed E-state index contributed by atoms with van der Waals surface area (Å²) in [4.78, 5) is 38.3. The average molecular weight is 561 g/mol. The number of hydrogen-bond acceptors (Lipinski definition) is 6. The molecule has 0 fully saturated rings. The molecule has 0 bridgehead atoms. The number of fused-ring (bicyclic) bond motifs is 1. The van der Waals surface area contributed by atoms with Crippen molar-refractivity contribution in [2.75, 3.05) is 16.2 Å². The molecule has 0 aliphatic carbocycles. The molecule has 206 valence electrons. The zero-order valence-corrected chi connectivity index (χ0v) is 23.0. The van der Waals surface area contributed by atoms with Gasteiger partial charge in [0.15, 0.2) is 6.61 Å². The normalized spacial score (nSPS) is 14.6. The number of carbonyl (C=O) groups is 2. The van der Waals surface area contributed by atoms with Gasteiger partial charge in [-0.2, -0.15) is 0 Å². The van der Waals surface area contributed by atoms with Gasteiger partial charge < -0.3 is 10.1 Å². The third-order valence-corrected chi connectivity index (χ3v) is 8.85. The molecule has 1 aromatic heterocycles. The van der Waals surface area contributed by atoms with E-state index in [2.05, 4.69) is 5.32 Å². The molecular formula is C29H28N4O6S. The van der Waals surface area contributed by atoms with Gasteiger partial charge in [-0.15, -0.1) is 0 Å². The Morgan fingerprint density at radius 1 is 1.00 bits per heavy atom. The van der Waals surface area contributed by atoms with E-state index < -0.39 is 34.1 Å². The molecule has 1 aliphatic rings. The molecule has 3 aromatic carbocycles. The molecule has 1 atom stereocenters. The second-order valence-electron chi connectivity index (χ2n) is 9.57. The molecular weight excluding hydrogens is 532 g/mol. The number of hydrogen-bond donors (Lipinski definition) is 1. The number of nitrogens with zero attached hydrogens (tertiary/aromatic N) is 3. The lowest BCUT2D eigenvalue weighted by atomic mass is 10.1. The van der Waals surface area contributed by atoms with E-state index in [0.717, 1.165) is 5.56 Å². The van der Waals surface area contributed by atoms with Crippen LogP contribution in [0.4, 0.5) is 11.4 Å². The Balaban J connectivity index is 1.29. The fourth-order valence-electron chi connectivity index (χ4n) is 4.90. The van der Waals surface area contributed by atoms with Gasteiger partial charge >= 0.3 is 5.97 Å². The Kier molecular flexibility index (Phi) is 7.07. The number of carbonyl (C=O) groups excluding carboxylic acids is 2. The fraction of sp³-hybridized carbons (Fsp3) is 0.207. The van der Waals surface area contributed by atoms with Crippen LogP contribution in [0.1, 0.15) is 28.5 Å².